The molecule has 0 bridgehead atoms. The van der Waals surface area contributed by atoms with E-state index >= 15 is 0 Å². The predicted octanol–water partition coefficient (Wildman–Crippen LogP) is 3.76. The number of fused-ring (bicyclic) bond motifs is 1. The molecule has 0 amide bonds. The molecule has 1 aliphatic heterocycles. The number of amidine groups is 1. The zero-order valence-corrected chi connectivity index (χ0v) is 13.0. The summed E-state index contributed by atoms with van der Waals surface area (Å²) in [7, 11) is 0. The van der Waals surface area contributed by atoms with E-state index in [2.05, 4.69) is 17.1 Å². The molecule has 0 saturated carbocycles. The molecule has 3 nitrogen and oxygen atoms in total. The summed E-state index contributed by atoms with van der Waals surface area (Å²) in [5, 5.41) is 12.0. The first-order chi connectivity index (χ1) is 9.63. The Labute approximate surface area is 126 Å². The van der Waals surface area contributed by atoms with Gasteiger partial charge in [0, 0.05) is 11.4 Å². The Balaban J connectivity index is 2.39. The van der Waals surface area contributed by atoms with E-state index in [1.165, 1.54) is 0 Å². The standard InChI is InChI=1S/C16H22ClN3/c1-4-8-11(5-2)20-14(6-3)19-13-10-7-9-12(17)15(13)16(20)18/h4-5,7-10,12,14-15,18-19H,6H2,1-3H3/b8-4-,11-5+,18-16?/t12?,14-,15?/m1/s1. The molecule has 108 valence electrons. The molecule has 0 aromatic rings. The van der Waals surface area contributed by atoms with Crippen LogP contribution < -0.4 is 5.32 Å². The lowest BCUT2D eigenvalue weighted by atomic mass is 9.90. The Morgan fingerprint density at radius 2 is 2.25 bits per heavy atom. The minimum absolute atomic E-state index is 0.0929. The fourth-order valence-corrected chi connectivity index (χ4v) is 3.09. The summed E-state index contributed by atoms with van der Waals surface area (Å²) in [5.41, 5.74) is 2.09. The highest BCUT2D eigenvalue weighted by atomic mass is 35.5. The molecule has 4 heteroatoms. The maximum atomic E-state index is 8.60. The normalized spacial score (nSPS) is 30.3. The highest BCUT2D eigenvalue weighted by Gasteiger charge is 2.39. The largest absolute Gasteiger partial charge is 0.368 e. The zero-order valence-electron chi connectivity index (χ0n) is 12.2. The number of rotatable bonds is 3. The molecule has 2 rings (SSSR count). The van der Waals surface area contributed by atoms with E-state index < -0.39 is 0 Å². The first-order valence-corrected chi connectivity index (χ1v) is 7.53. The number of allylic oxidation sites excluding steroid dienone is 6. The van der Waals surface area contributed by atoms with E-state index in [1.54, 1.807) is 0 Å². The van der Waals surface area contributed by atoms with Gasteiger partial charge in [-0.25, -0.2) is 0 Å². The summed E-state index contributed by atoms with van der Waals surface area (Å²) in [4.78, 5) is 2.05. The summed E-state index contributed by atoms with van der Waals surface area (Å²) in [5.74, 6) is 0.474. The number of halogens is 1. The van der Waals surface area contributed by atoms with Crippen LogP contribution in [0.3, 0.4) is 0 Å². The van der Waals surface area contributed by atoms with Gasteiger partial charge in [-0.2, -0.15) is 0 Å². The van der Waals surface area contributed by atoms with Gasteiger partial charge in [0.1, 0.15) is 12.0 Å². The first-order valence-electron chi connectivity index (χ1n) is 7.09. The van der Waals surface area contributed by atoms with Crippen LogP contribution in [0.5, 0.6) is 0 Å². The molecule has 2 N–H and O–H groups in total. The highest BCUT2D eigenvalue weighted by Crippen LogP contribution is 2.33. The maximum Gasteiger partial charge on any atom is 0.113 e. The summed E-state index contributed by atoms with van der Waals surface area (Å²) in [6.45, 7) is 6.11. The molecule has 2 aliphatic rings. The molecule has 20 heavy (non-hydrogen) atoms. The molecule has 1 heterocycles. The van der Waals surface area contributed by atoms with Crippen LogP contribution in [0, 0.1) is 11.3 Å². The van der Waals surface area contributed by atoms with Crippen LogP contribution in [0.4, 0.5) is 0 Å². The summed E-state index contributed by atoms with van der Waals surface area (Å²) >= 11 is 6.39. The van der Waals surface area contributed by atoms with Gasteiger partial charge in [0.25, 0.3) is 0 Å². The van der Waals surface area contributed by atoms with Gasteiger partial charge in [-0.15, -0.1) is 11.6 Å². The van der Waals surface area contributed by atoms with Crippen LogP contribution >= 0.6 is 11.6 Å². The molecule has 0 aromatic carbocycles. The van der Waals surface area contributed by atoms with Crippen molar-refractivity contribution in [2.45, 2.75) is 38.7 Å². The van der Waals surface area contributed by atoms with Gasteiger partial charge in [0.15, 0.2) is 0 Å². The van der Waals surface area contributed by atoms with Gasteiger partial charge >= 0.3 is 0 Å². The van der Waals surface area contributed by atoms with Crippen LogP contribution in [0.15, 0.2) is 47.9 Å². The topological polar surface area (TPSA) is 39.1 Å². The van der Waals surface area contributed by atoms with E-state index in [-0.39, 0.29) is 17.5 Å². The van der Waals surface area contributed by atoms with Crippen molar-refractivity contribution in [2.24, 2.45) is 5.92 Å². The number of nitrogens with zero attached hydrogens (tertiary/aromatic N) is 1. The van der Waals surface area contributed by atoms with Crippen molar-refractivity contribution in [1.29, 1.82) is 5.41 Å². The second kappa shape index (κ2) is 6.31. The average Bonchev–Trinajstić information content (AvgIpc) is 2.45. The average molecular weight is 292 g/mol. The molecular formula is C16H22ClN3. The number of alkyl halides is 1. The lowest BCUT2D eigenvalue weighted by Gasteiger charge is -2.45. The number of hydrogen-bond donors (Lipinski definition) is 2. The molecular weight excluding hydrogens is 270 g/mol. The second-order valence-electron chi connectivity index (χ2n) is 4.97. The SMILES string of the molecule is C/C=C\C(=C/C)N1C(=N)C2C(=CC=CC2Cl)N[C@H]1CC. The zero-order chi connectivity index (χ0) is 14.7. The second-order valence-corrected chi connectivity index (χ2v) is 5.47. The van der Waals surface area contributed by atoms with Gasteiger partial charge in [0.2, 0.25) is 0 Å². The molecule has 1 fully saturated rings. The monoisotopic (exact) mass is 291 g/mol. The summed E-state index contributed by atoms with van der Waals surface area (Å²) in [6, 6.07) is 0. The van der Waals surface area contributed by atoms with Crippen LogP contribution in [0.1, 0.15) is 27.2 Å². The van der Waals surface area contributed by atoms with E-state index in [9.17, 15) is 0 Å². The molecule has 1 saturated heterocycles. The lowest BCUT2D eigenvalue weighted by Crippen LogP contribution is -2.57. The summed E-state index contributed by atoms with van der Waals surface area (Å²) < 4.78 is 0. The number of nitrogens with one attached hydrogen (secondary N) is 2. The molecule has 0 aromatic heterocycles. The van der Waals surface area contributed by atoms with E-state index in [1.807, 2.05) is 50.3 Å². The first kappa shape index (κ1) is 14.9. The van der Waals surface area contributed by atoms with Crippen LogP contribution in [0.2, 0.25) is 0 Å². The Kier molecular flexibility index (Phi) is 4.71. The van der Waals surface area contributed by atoms with Crippen molar-refractivity contribution in [1.82, 2.24) is 10.2 Å². The molecule has 1 aliphatic carbocycles. The Bertz CT molecular complexity index is 502. The fraction of sp³-hybridized carbons (Fsp3) is 0.438. The fourth-order valence-electron chi connectivity index (χ4n) is 2.75. The molecule has 2 unspecified atom stereocenters. The third kappa shape index (κ3) is 2.55. The van der Waals surface area contributed by atoms with Crippen molar-refractivity contribution < 1.29 is 0 Å². The van der Waals surface area contributed by atoms with Gasteiger partial charge in [-0.3, -0.25) is 5.41 Å². The van der Waals surface area contributed by atoms with Crippen molar-refractivity contribution in [3.8, 4) is 0 Å². The van der Waals surface area contributed by atoms with Crippen LogP contribution in [-0.4, -0.2) is 22.3 Å². The predicted molar refractivity (Wildman–Crippen MR) is 85.7 cm³/mol. The van der Waals surface area contributed by atoms with Crippen molar-refractivity contribution in [3.63, 3.8) is 0 Å². The van der Waals surface area contributed by atoms with E-state index in [0.29, 0.717) is 5.84 Å². The van der Waals surface area contributed by atoms with E-state index in [4.69, 9.17) is 17.0 Å². The quantitative estimate of drug-likeness (QED) is 0.614. The van der Waals surface area contributed by atoms with Crippen molar-refractivity contribution >= 4 is 17.4 Å². The van der Waals surface area contributed by atoms with Crippen molar-refractivity contribution in [2.75, 3.05) is 0 Å². The Morgan fingerprint density at radius 1 is 1.50 bits per heavy atom. The van der Waals surface area contributed by atoms with Gasteiger partial charge in [0.05, 0.1) is 11.3 Å². The van der Waals surface area contributed by atoms with Gasteiger partial charge in [-0.05, 0) is 32.4 Å². The van der Waals surface area contributed by atoms with Gasteiger partial charge in [-0.1, -0.05) is 31.2 Å². The molecule has 3 atom stereocenters. The van der Waals surface area contributed by atoms with Gasteiger partial charge < -0.3 is 10.2 Å². The highest BCUT2D eigenvalue weighted by molar-refractivity contribution is 6.24. The summed E-state index contributed by atoms with van der Waals surface area (Å²) in [6.07, 6.45) is 13.0. The Morgan fingerprint density at radius 3 is 2.85 bits per heavy atom. The third-order valence-electron chi connectivity index (χ3n) is 3.72. The van der Waals surface area contributed by atoms with Crippen molar-refractivity contribution in [3.05, 3.63) is 47.9 Å². The van der Waals surface area contributed by atoms with Crippen LogP contribution in [-0.2, 0) is 0 Å². The third-order valence-corrected chi connectivity index (χ3v) is 4.12. The maximum absolute atomic E-state index is 8.60. The Hall–Kier alpha value is -1.48. The smallest absolute Gasteiger partial charge is 0.113 e. The molecule has 0 radical (unpaired) electrons. The van der Waals surface area contributed by atoms with Crippen LogP contribution in [0.25, 0.3) is 0 Å². The lowest BCUT2D eigenvalue weighted by molar-refractivity contribution is 0.282. The number of hydrogen-bond acceptors (Lipinski definition) is 2. The van der Waals surface area contributed by atoms with E-state index in [0.717, 1.165) is 17.8 Å². The molecule has 0 spiro atoms. The minimum atomic E-state index is -0.168. The minimum Gasteiger partial charge on any atom is -0.368 e.